The highest BCUT2D eigenvalue weighted by Gasteiger charge is 2.27. The number of aryl methyl sites for hydroxylation is 3. The van der Waals surface area contributed by atoms with Gasteiger partial charge >= 0.3 is 12.2 Å². The number of carbonyl (C=O) groups is 2. The summed E-state index contributed by atoms with van der Waals surface area (Å²) in [5.74, 6) is 0. The Labute approximate surface area is 425 Å². The topological polar surface area (TPSA) is 195 Å². The van der Waals surface area contributed by atoms with Gasteiger partial charge in [0.1, 0.15) is 10.0 Å². The van der Waals surface area contributed by atoms with Crippen LogP contribution in [0.3, 0.4) is 0 Å². The fourth-order valence-corrected chi connectivity index (χ4v) is 11.7. The number of benzene rings is 4. The lowest BCUT2D eigenvalue weighted by Crippen LogP contribution is -2.40. The molecule has 0 unspecified atom stereocenters. The van der Waals surface area contributed by atoms with Gasteiger partial charge in [-0.2, -0.15) is 0 Å². The molecule has 4 N–H and O–H groups in total. The summed E-state index contributed by atoms with van der Waals surface area (Å²) >= 11 is 6.35. The Bertz CT molecular complexity index is 2890. The summed E-state index contributed by atoms with van der Waals surface area (Å²) in [6, 6.07) is 25.5. The molecule has 14 nitrogen and oxygen atoms in total. The first kappa shape index (κ1) is 58.3. The number of rotatable bonds is 11. The van der Waals surface area contributed by atoms with E-state index in [0.717, 1.165) is 46.5 Å². The maximum atomic E-state index is 13.1. The molecule has 0 aliphatic heterocycles. The summed E-state index contributed by atoms with van der Waals surface area (Å²) in [5.41, 5.74) is 5.29. The third-order valence-electron chi connectivity index (χ3n) is 8.63. The maximum Gasteiger partial charge on any atom is 0.411 e. The molecule has 0 atom stereocenters. The van der Waals surface area contributed by atoms with E-state index in [1.165, 1.54) is 11.3 Å². The molecule has 6 aromatic rings. The average Bonchev–Trinajstić information content (AvgIpc) is 3.87. The number of nitrogens with zero attached hydrogens (tertiary/aromatic N) is 2. The van der Waals surface area contributed by atoms with Crippen LogP contribution in [-0.2, 0) is 29.5 Å². The summed E-state index contributed by atoms with van der Waals surface area (Å²) in [6.07, 6.45) is 2.17. The number of carbonyl (C=O) groups excluding carboxylic acids is 2. The molecule has 0 fully saturated rings. The van der Waals surface area contributed by atoms with Crippen LogP contribution in [0.2, 0.25) is 0 Å². The predicted octanol–water partition coefficient (Wildman–Crippen LogP) is 13.4. The van der Waals surface area contributed by atoms with Gasteiger partial charge in [-0.25, -0.2) is 45.8 Å². The lowest BCUT2D eigenvalue weighted by Gasteiger charge is -2.21. The molecule has 6 rings (SSSR count). The third kappa shape index (κ3) is 19.0. The number of nitrogens with one attached hydrogen (secondary N) is 4. The molecule has 0 saturated heterocycles. The van der Waals surface area contributed by atoms with Crippen LogP contribution < -0.4 is 20.1 Å². The first-order valence-corrected chi connectivity index (χ1v) is 26.9. The number of ether oxygens (including phenoxy) is 2. The van der Waals surface area contributed by atoms with Crippen molar-refractivity contribution in [1.29, 1.82) is 0 Å². The van der Waals surface area contributed by atoms with Crippen molar-refractivity contribution in [2.45, 2.75) is 131 Å². The number of halogens is 1. The lowest BCUT2D eigenvalue weighted by molar-refractivity contribution is 0.129. The van der Waals surface area contributed by atoms with Crippen molar-refractivity contribution in [1.82, 2.24) is 19.4 Å². The molecule has 374 valence electrons. The van der Waals surface area contributed by atoms with Gasteiger partial charge in [0.25, 0.3) is 0 Å². The zero-order chi connectivity index (χ0) is 50.8. The summed E-state index contributed by atoms with van der Waals surface area (Å²) in [4.78, 5) is 33.3. The zero-order valence-corrected chi connectivity index (χ0v) is 45.4. The van der Waals surface area contributed by atoms with Crippen molar-refractivity contribution in [3.8, 4) is 31.6 Å². The minimum absolute atomic E-state index is 0. The van der Waals surface area contributed by atoms with Crippen LogP contribution >= 0.6 is 38.6 Å². The van der Waals surface area contributed by atoms with Crippen molar-refractivity contribution in [2.75, 3.05) is 10.6 Å². The van der Waals surface area contributed by atoms with Crippen molar-refractivity contribution < 1.29 is 35.9 Å². The van der Waals surface area contributed by atoms with Gasteiger partial charge in [-0.05, 0) is 183 Å². The largest absolute Gasteiger partial charge is 0.447 e. The van der Waals surface area contributed by atoms with Gasteiger partial charge in [0, 0.05) is 45.3 Å². The molecule has 0 saturated carbocycles. The van der Waals surface area contributed by atoms with Crippen LogP contribution in [0.1, 0.15) is 93.4 Å². The summed E-state index contributed by atoms with van der Waals surface area (Å²) in [5, 5.41) is 7.03. The number of hydrogen-bond acceptors (Lipinski definition) is 12. The SMILES string of the molecule is C.CC(C)OC(=O)Nc1ccc(-c2ncc(Br)s2)cc1.Cc1ccc(-c2cnc(-c3ccc(NC(=O)OC(C)C)cc3)s2)c(S(=O)(=O)NC(C)(C)C)c1.Cc1ccc(C)c(S(=O)(=O)NC(C)(C)C)c1. The van der Waals surface area contributed by atoms with Gasteiger partial charge in [0.15, 0.2) is 0 Å². The smallest absolute Gasteiger partial charge is 0.411 e. The van der Waals surface area contributed by atoms with Crippen LogP contribution in [0.5, 0.6) is 0 Å². The molecular formula is C50H65BrN6O8S4. The second-order valence-electron chi connectivity index (χ2n) is 18.3. The van der Waals surface area contributed by atoms with Crippen LogP contribution in [0.25, 0.3) is 31.6 Å². The molecule has 69 heavy (non-hydrogen) atoms. The normalized spacial score (nSPS) is 11.7. The van der Waals surface area contributed by atoms with E-state index >= 15 is 0 Å². The minimum atomic E-state index is -3.72. The molecular weight excluding hydrogens is 1020 g/mol. The minimum Gasteiger partial charge on any atom is -0.447 e. The molecule has 0 bridgehead atoms. The first-order chi connectivity index (χ1) is 31.5. The van der Waals surface area contributed by atoms with Crippen LogP contribution in [0.15, 0.2) is 111 Å². The van der Waals surface area contributed by atoms with Crippen molar-refractivity contribution in [3.63, 3.8) is 0 Å². The Morgan fingerprint density at radius 3 is 1.42 bits per heavy atom. The Hall–Kier alpha value is -5.02. The molecule has 0 radical (unpaired) electrons. The van der Waals surface area contributed by atoms with Gasteiger partial charge in [0.2, 0.25) is 20.0 Å². The van der Waals surface area contributed by atoms with Gasteiger partial charge < -0.3 is 9.47 Å². The Morgan fingerprint density at radius 2 is 1.00 bits per heavy atom. The average molecular weight is 1090 g/mol. The van der Waals surface area contributed by atoms with Gasteiger partial charge in [0.05, 0.1) is 36.9 Å². The van der Waals surface area contributed by atoms with Crippen LogP contribution in [0, 0.1) is 20.8 Å². The Kier molecular flexibility index (Phi) is 20.9. The molecule has 0 aliphatic carbocycles. The fraction of sp³-hybridized carbons (Fsp3) is 0.360. The molecule has 19 heteroatoms. The van der Waals surface area contributed by atoms with Crippen LogP contribution in [-0.4, -0.2) is 62.3 Å². The number of hydrogen-bond donors (Lipinski definition) is 4. The summed E-state index contributed by atoms with van der Waals surface area (Å²) in [7, 11) is -7.14. The van der Waals surface area contributed by atoms with E-state index in [2.05, 4.69) is 46.0 Å². The number of thiazole rings is 2. The van der Waals surface area contributed by atoms with E-state index < -0.39 is 43.3 Å². The highest BCUT2D eigenvalue weighted by atomic mass is 79.9. The lowest BCUT2D eigenvalue weighted by atomic mass is 10.1. The summed E-state index contributed by atoms with van der Waals surface area (Å²) in [6.45, 7) is 23.7. The van der Waals surface area contributed by atoms with Gasteiger partial charge in [-0.1, -0.05) is 31.7 Å². The van der Waals surface area contributed by atoms with Crippen molar-refractivity contribution in [3.05, 3.63) is 118 Å². The second-order valence-corrected chi connectivity index (χ2v) is 25.0. The molecule has 0 spiro atoms. The molecule has 2 heterocycles. The van der Waals surface area contributed by atoms with E-state index in [4.69, 9.17) is 9.47 Å². The number of aromatic nitrogens is 2. The highest BCUT2D eigenvalue weighted by Crippen LogP contribution is 2.37. The van der Waals surface area contributed by atoms with Gasteiger partial charge in [-0.15, -0.1) is 22.7 Å². The molecule has 4 aromatic carbocycles. The standard InChI is InChI=1S/C24H29N3O4S2.C13H13BrN2O2S.C12H19NO2S.CH4/c1-15(2)31-23(28)26-18-10-8-17(9-11-18)22-25-14-20(32-22)19-12-7-16(3)13-21(19)33(29,30)27-24(4,5)6;1-8(2)18-13(17)16-10-5-3-9(4-6-10)12-15-7-11(14)19-12;1-9-6-7-10(2)11(8-9)16(14,15)13-12(3,4)5;/h7-15,27H,1-6H3,(H,26,28);3-8H,1-2H3,(H,16,17);6-8,13H,1-5H3;1H4. The maximum absolute atomic E-state index is 13.1. The van der Waals surface area contributed by atoms with E-state index in [1.807, 2.05) is 130 Å². The monoisotopic (exact) mass is 1080 g/mol. The number of sulfonamides is 2. The van der Waals surface area contributed by atoms with Crippen molar-refractivity contribution in [2.24, 2.45) is 0 Å². The zero-order valence-electron chi connectivity index (χ0n) is 40.6. The van der Waals surface area contributed by atoms with Crippen LogP contribution in [0.4, 0.5) is 21.0 Å². The number of amides is 2. The molecule has 2 aromatic heterocycles. The van der Waals surface area contributed by atoms with E-state index in [9.17, 15) is 26.4 Å². The van der Waals surface area contributed by atoms with Crippen molar-refractivity contribution >= 4 is 82.2 Å². The Morgan fingerprint density at radius 1 is 0.594 bits per heavy atom. The second kappa shape index (κ2) is 24.7. The van der Waals surface area contributed by atoms with E-state index in [0.29, 0.717) is 21.8 Å². The molecule has 0 aliphatic rings. The third-order valence-corrected chi connectivity index (χ3v) is 14.9. The Balaban J connectivity index is 0.000000297. The first-order valence-electron chi connectivity index (χ1n) is 21.5. The van der Waals surface area contributed by atoms with Gasteiger partial charge in [-0.3, -0.25) is 10.6 Å². The quantitative estimate of drug-likeness (QED) is 0.0969. The number of anilines is 2. The molecule has 2 amide bonds. The summed E-state index contributed by atoms with van der Waals surface area (Å²) < 4.78 is 66.9. The van der Waals surface area contributed by atoms with E-state index in [-0.39, 0.29) is 24.5 Å². The fourth-order valence-electron chi connectivity index (χ4n) is 6.00. The highest BCUT2D eigenvalue weighted by molar-refractivity contribution is 9.11. The predicted molar refractivity (Wildman–Crippen MR) is 286 cm³/mol. The van der Waals surface area contributed by atoms with E-state index in [1.54, 1.807) is 68.8 Å².